The molecule has 3 atom stereocenters. The van der Waals surface area contributed by atoms with E-state index in [0.717, 1.165) is 63.5 Å². The number of aryl methyl sites for hydroxylation is 1. The summed E-state index contributed by atoms with van der Waals surface area (Å²) in [6, 6.07) is 11.9. The molecule has 41 heavy (non-hydrogen) atoms. The molecular weight excluding hydrogens is 512 g/mol. The minimum absolute atomic E-state index is 0.105. The van der Waals surface area contributed by atoms with Gasteiger partial charge in [-0.05, 0) is 63.9 Å². The molecule has 1 amide bonds. The molecule has 6 rings (SSSR count). The molecular formula is C32H42N8O. The fourth-order valence-electron chi connectivity index (χ4n) is 7.26. The zero-order valence-corrected chi connectivity index (χ0v) is 24.5. The third-order valence-electron chi connectivity index (χ3n) is 9.55. The van der Waals surface area contributed by atoms with E-state index in [1.54, 1.807) is 4.90 Å². The van der Waals surface area contributed by atoms with E-state index < -0.39 is 0 Å². The van der Waals surface area contributed by atoms with Crippen LogP contribution >= 0.6 is 0 Å². The molecule has 0 unspecified atom stereocenters. The highest BCUT2D eigenvalue weighted by atomic mass is 16.2. The highest BCUT2D eigenvalue weighted by Crippen LogP contribution is 2.37. The maximum absolute atomic E-state index is 12.6. The fraction of sp³-hybridized carbons (Fsp3) is 0.562. The topological polar surface area (TPSA) is 82.8 Å². The Kier molecular flexibility index (Phi) is 7.85. The van der Waals surface area contributed by atoms with Crippen LogP contribution in [-0.4, -0.2) is 97.2 Å². The second kappa shape index (κ2) is 11.7. The van der Waals surface area contributed by atoms with Crippen molar-refractivity contribution in [2.24, 2.45) is 0 Å². The summed E-state index contributed by atoms with van der Waals surface area (Å²) in [5, 5.41) is 9.55. The number of carbonyl (C=O) groups is 1. The molecule has 0 saturated carbocycles. The largest absolute Gasteiger partial charge is 0.368 e. The standard InChI is InChI=1S/C32H42N8O/c1-4-30(41)40-19-18-37(22-26(40)13-15-33)31-27-12-11-24(39-16-7-9-23-8-5-6-10-29(23)39)20-28(27)34-32(35-31)38-17-14-25(21-38)36(2)3/h4-6,8,10,24-26H,1,7,9,11-14,16-22H2,2-3H3/t24-,25-,26-/m0/s1. The molecule has 0 bridgehead atoms. The van der Waals surface area contributed by atoms with Crippen LogP contribution in [0.4, 0.5) is 17.5 Å². The van der Waals surface area contributed by atoms with Gasteiger partial charge in [-0.15, -0.1) is 0 Å². The monoisotopic (exact) mass is 554 g/mol. The molecule has 4 aliphatic rings. The second-order valence-electron chi connectivity index (χ2n) is 12.1. The molecule has 3 aliphatic heterocycles. The lowest BCUT2D eigenvalue weighted by Gasteiger charge is -2.43. The van der Waals surface area contributed by atoms with Gasteiger partial charge in [0.2, 0.25) is 11.9 Å². The summed E-state index contributed by atoms with van der Waals surface area (Å²) >= 11 is 0. The van der Waals surface area contributed by atoms with Gasteiger partial charge in [-0.2, -0.15) is 10.2 Å². The minimum Gasteiger partial charge on any atom is -0.368 e. The first-order valence-corrected chi connectivity index (χ1v) is 15.2. The number of hydrogen-bond acceptors (Lipinski definition) is 8. The van der Waals surface area contributed by atoms with Crippen molar-refractivity contribution in [1.82, 2.24) is 19.8 Å². The second-order valence-corrected chi connectivity index (χ2v) is 12.1. The number of benzene rings is 1. The number of amides is 1. The van der Waals surface area contributed by atoms with Gasteiger partial charge in [0.25, 0.3) is 0 Å². The number of likely N-dealkylation sites (N-methyl/N-ethyl adjacent to an activating group) is 1. The maximum Gasteiger partial charge on any atom is 0.246 e. The molecule has 1 aliphatic carbocycles. The van der Waals surface area contributed by atoms with Gasteiger partial charge in [-0.25, -0.2) is 4.98 Å². The summed E-state index contributed by atoms with van der Waals surface area (Å²) in [4.78, 5) is 34.5. The zero-order valence-electron chi connectivity index (χ0n) is 24.5. The van der Waals surface area contributed by atoms with Crippen molar-refractivity contribution in [1.29, 1.82) is 5.26 Å². The van der Waals surface area contributed by atoms with E-state index in [1.165, 1.54) is 35.0 Å². The van der Waals surface area contributed by atoms with E-state index in [9.17, 15) is 10.1 Å². The molecule has 0 N–H and O–H groups in total. The van der Waals surface area contributed by atoms with E-state index in [-0.39, 0.29) is 11.9 Å². The van der Waals surface area contributed by atoms with Gasteiger partial charge < -0.3 is 24.5 Å². The number of carbonyl (C=O) groups excluding carboxylic acids is 1. The summed E-state index contributed by atoms with van der Waals surface area (Å²) in [5.74, 6) is 1.72. The smallest absolute Gasteiger partial charge is 0.246 e. The fourth-order valence-corrected chi connectivity index (χ4v) is 7.26. The Morgan fingerprint density at radius 3 is 2.73 bits per heavy atom. The van der Waals surface area contributed by atoms with E-state index in [0.29, 0.717) is 38.1 Å². The number of nitriles is 1. The normalized spacial score (nSPS) is 24.2. The highest BCUT2D eigenvalue weighted by Gasteiger charge is 2.36. The van der Waals surface area contributed by atoms with Crippen LogP contribution < -0.4 is 14.7 Å². The van der Waals surface area contributed by atoms with Crippen LogP contribution in [0.1, 0.15) is 42.5 Å². The van der Waals surface area contributed by atoms with Gasteiger partial charge in [0.05, 0.1) is 24.2 Å². The molecule has 1 aromatic carbocycles. The molecule has 0 spiro atoms. The SMILES string of the molecule is C=CC(=O)N1CCN(c2nc(N3CC[C@H](N(C)C)C3)nc3c2CC[C@H](N2CCCc4ccccc42)C3)C[C@@H]1CC#N. The first-order valence-electron chi connectivity index (χ1n) is 15.2. The zero-order chi connectivity index (χ0) is 28.5. The summed E-state index contributed by atoms with van der Waals surface area (Å²) < 4.78 is 0. The Hall–Kier alpha value is -3.64. The lowest BCUT2D eigenvalue weighted by molar-refractivity contribution is -0.128. The van der Waals surface area contributed by atoms with Crippen LogP contribution in [0.3, 0.4) is 0 Å². The summed E-state index contributed by atoms with van der Waals surface area (Å²) in [7, 11) is 4.29. The number of fused-ring (bicyclic) bond motifs is 2. The molecule has 9 nitrogen and oxygen atoms in total. The van der Waals surface area contributed by atoms with Crippen molar-refractivity contribution in [3.8, 4) is 6.07 Å². The highest BCUT2D eigenvalue weighted by molar-refractivity contribution is 5.87. The Bertz CT molecular complexity index is 1340. The molecule has 2 fully saturated rings. The van der Waals surface area contributed by atoms with Crippen LogP contribution in [0.5, 0.6) is 0 Å². The lowest BCUT2D eigenvalue weighted by Crippen LogP contribution is -2.55. The van der Waals surface area contributed by atoms with E-state index in [2.05, 4.69) is 70.6 Å². The number of rotatable bonds is 6. The molecule has 2 aromatic rings. The van der Waals surface area contributed by atoms with Crippen LogP contribution in [0.25, 0.3) is 0 Å². The first-order chi connectivity index (χ1) is 20.0. The van der Waals surface area contributed by atoms with Crippen LogP contribution in [-0.2, 0) is 24.1 Å². The predicted molar refractivity (Wildman–Crippen MR) is 162 cm³/mol. The maximum atomic E-state index is 12.6. The van der Waals surface area contributed by atoms with Gasteiger partial charge >= 0.3 is 0 Å². The third kappa shape index (κ3) is 5.38. The predicted octanol–water partition coefficient (Wildman–Crippen LogP) is 3.04. The molecule has 4 heterocycles. The third-order valence-corrected chi connectivity index (χ3v) is 9.55. The van der Waals surface area contributed by atoms with Crippen molar-refractivity contribution in [3.05, 3.63) is 53.7 Å². The van der Waals surface area contributed by atoms with E-state index in [1.807, 2.05) is 0 Å². The Morgan fingerprint density at radius 1 is 1.10 bits per heavy atom. The quantitative estimate of drug-likeness (QED) is 0.504. The number of nitrogens with zero attached hydrogens (tertiary/aromatic N) is 8. The van der Waals surface area contributed by atoms with Crippen molar-refractivity contribution < 1.29 is 4.79 Å². The van der Waals surface area contributed by atoms with E-state index in [4.69, 9.17) is 9.97 Å². The molecule has 216 valence electrons. The summed E-state index contributed by atoms with van der Waals surface area (Å²) in [6.07, 6.45) is 8.01. The van der Waals surface area contributed by atoms with Gasteiger partial charge in [-0.1, -0.05) is 24.8 Å². The van der Waals surface area contributed by atoms with Crippen molar-refractivity contribution in [2.45, 2.75) is 63.1 Å². The Morgan fingerprint density at radius 2 is 1.95 bits per heavy atom. The number of para-hydroxylation sites is 1. The van der Waals surface area contributed by atoms with Crippen LogP contribution in [0, 0.1) is 11.3 Å². The number of piperazine rings is 1. The first kappa shape index (κ1) is 27.5. The minimum atomic E-state index is -0.181. The van der Waals surface area contributed by atoms with Gasteiger partial charge in [0.15, 0.2) is 0 Å². The number of hydrogen-bond donors (Lipinski definition) is 0. The van der Waals surface area contributed by atoms with Crippen molar-refractivity contribution in [3.63, 3.8) is 0 Å². The van der Waals surface area contributed by atoms with Gasteiger partial charge in [0.1, 0.15) is 5.82 Å². The molecule has 1 aromatic heterocycles. The lowest BCUT2D eigenvalue weighted by atomic mass is 9.88. The Labute approximate surface area is 244 Å². The van der Waals surface area contributed by atoms with Crippen molar-refractivity contribution in [2.75, 3.05) is 68.1 Å². The number of aromatic nitrogens is 2. The van der Waals surface area contributed by atoms with Gasteiger partial charge in [0, 0.05) is 69.0 Å². The van der Waals surface area contributed by atoms with Crippen molar-refractivity contribution >= 4 is 23.4 Å². The van der Waals surface area contributed by atoms with Crippen LogP contribution in [0.2, 0.25) is 0 Å². The summed E-state index contributed by atoms with van der Waals surface area (Å²) in [5.41, 5.74) is 5.25. The Balaban J connectivity index is 1.33. The average Bonchev–Trinajstić information content (AvgIpc) is 3.51. The molecule has 9 heteroatoms. The molecule has 2 saturated heterocycles. The molecule has 0 radical (unpaired) electrons. The van der Waals surface area contributed by atoms with E-state index >= 15 is 0 Å². The average molecular weight is 555 g/mol. The summed E-state index contributed by atoms with van der Waals surface area (Å²) in [6.45, 7) is 8.48. The van der Waals surface area contributed by atoms with Gasteiger partial charge in [-0.3, -0.25) is 4.79 Å². The number of anilines is 3. The van der Waals surface area contributed by atoms with Crippen LogP contribution in [0.15, 0.2) is 36.9 Å².